The zero-order chi connectivity index (χ0) is 13.0. The Hall–Kier alpha value is -1.26. The number of nitrogens with one attached hydrogen (secondary N) is 1. The second-order valence-electron chi connectivity index (χ2n) is 5.26. The van der Waals surface area contributed by atoms with E-state index in [2.05, 4.69) is 24.3 Å². The van der Waals surface area contributed by atoms with Crippen molar-refractivity contribution >= 4 is 11.7 Å². The lowest BCUT2D eigenvalue weighted by Crippen LogP contribution is -2.46. The van der Waals surface area contributed by atoms with Gasteiger partial charge < -0.3 is 16.3 Å². The van der Waals surface area contributed by atoms with Gasteiger partial charge in [0, 0.05) is 6.04 Å². The molecule has 0 aromatic carbocycles. The molecule has 0 bridgehead atoms. The van der Waals surface area contributed by atoms with Crippen molar-refractivity contribution in [3.63, 3.8) is 0 Å². The fourth-order valence-corrected chi connectivity index (χ4v) is 2.41. The van der Waals surface area contributed by atoms with Crippen LogP contribution < -0.4 is 11.1 Å². The molecule has 98 valence electrons. The average molecular weight is 241 g/mol. The first-order valence-corrected chi connectivity index (χ1v) is 6.23. The molecule has 1 aliphatic rings. The number of nitrogens with two attached hydrogens (primary N) is 1. The monoisotopic (exact) mass is 241 g/mol. The second kappa shape index (κ2) is 5.89. The largest absolute Gasteiger partial charge is 0.409 e. The van der Waals surface area contributed by atoms with Gasteiger partial charge in [-0.2, -0.15) is 0 Å². The van der Waals surface area contributed by atoms with E-state index in [-0.39, 0.29) is 17.8 Å². The third-order valence-corrected chi connectivity index (χ3v) is 3.71. The summed E-state index contributed by atoms with van der Waals surface area (Å²) in [4.78, 5) is 11.9. The molecule has 4 atom stereocenters. The van der Waals surface area contributed by atoms with Crippen LogP contribution in [0.1, 0.15) is 40.0 Å². The van der Waals surface area contributed by atoms with E-state index in [4.69, 9.17) is 10.9 Å². The highest BCUT2D eigenvalue weighted by molar-refractivity contribution is 6.01. The number of oxime groups is 1. The van der Waals surface area contributed by atoms with Crippen molar-refractivity contribution in [1.29, 1.82) is 0 Å². The molecule has 0 saturated heterocycles. The number of hydrogen-bond donors (Lipinski definition) is 3. The standard InChI is InChI=1S/C12H23N3O2/c1-7-4-5-10(8(2)6-7)14-12(16)9(3)11(13)15-17/h7-10,17H,4-6H2,1-3H3,(H2,13,15)(H,14,16). The zero-order valence-electron chi connectivity index (χ0n) is 10.8. The molecule has 1 saturated carbocycles. The summed E-state index contributed by atoms with van der Waals surface area (Å²) in [5.41, 5.74) is 5.42. The minimum atomic E-state index is -0.577. The molecule has 1 rings (SSSR count). The number of hydrogen-bond acceptors (Lipinski definition) is 3. The molecule has 0 spiro atoms. The minimum absolute atomic E-state index is 0.0423. The molecular weight excluding hydrogens is 218 g/mol. The van der Waals surface area contributed by atoms with Gasteiger partial charge in [0.25, 0.3) is 0 Å². The summed E-state index contributed by atoms with van der Waals surface area (Å²) in [5, 5.41) is 14.4. The van der Waals surface area contributed by atoms with Crippen molar-refractivity contribution in [1.82, 2.24) is 5.32 Å². The summed E-state index contributed by atoms with van der Waals surface area (Å²) >= 11 is 0. The highest BCUT2D eigenvalue weighted by atomic mass is 16.4. The van der Waals surface area contributed by atoms with Gasteiger partial charge in [-0.05, 0) is 38.0 Å². The highest BCUT2D eigenvalue weighted by Gasteiger charge is 2.28. The van der Waals surface area contributed by atoms with Gasteiger partial charge in [-0.25, -0.2) is 0 Å². The Kier molecular flexibility index (Phi) is 4.78. The quantitative estimate of drug-likeness (QED) is 0.301. The van der Waals surface area contributed by atoms with E-state index in [1.165, 1.54) is 0 Å². The first kappa shape index (κ1) is 13.8. The molecule has 0 aromatic heterocycles. The Labute approximate surface area is 102 Å². The average Bonchev–Trinajstić information content (AvgIpc) is 2.30. The van der Waals surface area contributed by atoms with E-state index in [0.29, 0.717) is 5.92 Å². The summed E-state index contributed by atoms with van der Waals surface area (Å²) in [5.74, 6) is 0.444. The van der Waals surface area contributed by atoms with Gasteiger partial charge in [0.15, 0.2) is 5.84 Å². The molecule has 4 N–H and O–H groups in total. The summed E-state index contributed by atoms with van der Waals surface area (Å²) in [7, 11) is 0. The van der Waals surface area contributed by atoms with Crippen molar-refractivity contribution in [2.24, 2.45) is 28.6 Å². The van der Waals surface area contributed by atoms with Crippen LogP contribution in [0.2, 0.25) is 0 Å². The lowest BCUT2D eigenvalue weighted by atomic mass is 9.79. The molecular formula is C12H23N3O2. The summed E-state index contributed by atoms with van der Waals surface area (Å²) in [6.45, 7) is 6.04. The van der Waals surface area contributed by atoms with E-state index in [1.807, 2.05) is 0 Å². The van der Waals surface area contributed by atoms with Crippen LogP contribution in [-0.2, 0) is 4.79 Å². The molecule has 0 aliphatic heterocycles. The number of nitrogens with zero attached hydrogens (tertiary/aromatic N) is 1. The normalized spacial score (nSPS) is 31.9. The molecule has 0 heterocycles. The summed E-state index contributed by atoms with van der Waals surface area (Å²) < 4.78 is 0. The Bertz CT molecular complexity index is 304. The lowest BCUT2D eigenvalue weighted by molar-refractivity contribution is -0.124. The third kappa shape index (κ3) is 3.61. The Morgan fingerprint density at radius 1 is 1.47 bits per heavy atom. The maximum Gasteiger partial charge on any atom is 0.230 e. The van der Waals surface area contributed by atoms with Gasteiger partial charge in [0.2, 0.25) is 5.91 Å². The van der Waals surface area contributed by atoms with Gasteiger partial charge in [0.1, 0.15) is 0 Å². The van der Waals surface area contributed by atoms with E-state index in [9.17, 15) is 4.79 Å². The number of carbonyl (C=O) groups excluding carboxylic acids is 1. The fraction of sp³-hybridized carbons (Fsp3) is 0.833. The molecule has 5 heteroatoms. The fourth-order valence-electron chi connectivity index (χ4n) is 2.41. The van der Waals surface area contributed by atoms with E-state index >= 15 is 0 Å². The van der Waals surface area contributed by atoms with Gasteiger partial charge in [0.05, 0.1) is 5.92 Å². The van der Waals surface area contributed by atoms with Crippen molar-refractivity contribution in [2.75, 3.05) is 0 Å². The third-order valence-electron chi connectivity index (χ3n) is 3.71. The first-order valence-electron chi connectivity index (χ1n) is 6.23. The van der Waals surface area contributed by atoms with Crippen molar-refractivity contribution in [2.45, 2.75) is 46.1 Å². The minimum Gasteiger partial charge on any atom is -0.409 e. The number of rotatable bonds is 3. The smallest absolute Gasteiger partial charge is 0.230 e. The van der Waals surface area contributed by atoms with Crippen LogP contribution in [0.5, 0.6) is 0 Å². The van der Waals surface area contributed by atoms with Gasteiger partial charge >= 0.3 is 0 Å². The van der Waals surface area contributed by atoms with Crippen molar-refractivity contribution < 1.29 is 10.0 Å². The van der Waals surface area contributed by atoms with Crippen LogP contribution in [-0.4, -0.2) is 23.0 Å². The van der Waals surface area contributed by atoms with Crippen LogP contribution in [0.15, 0.2) is 5.16 Å². The Morgan fingerprint density at radius 2 is 2.12 bits per heavy atom. The van der Waals surface area contributed by atoms with Gasteiger partial charge in [-0.1, -0.05) is 19.0 Å². The maximum atomic E-state index is 11.9. The van der Waals surface area contributed by atoms with Crippen molar-refractivity contribution in [3.8, 4) is 0 Å². The Morgan fingerprint density at radius 3 is 2.65 bits per heavy atom. The second-order valence-corrected chi connectivity index (χ2v) is 5.26. The van der Waals surface area contributed by atoms with Crippen LogP contribution in [0, 0.1) is 17.8 Å². The van der Waals surface area contributed by atoms with Crippen LogP contribution in [0.4, 0.5) is 0 Å². The number of amidine groups is 1. The van der Waals surface area contributed by atoms with E-state index in [0.717, 1.165) is 25.2 Å². The molecule has 1 fully saturated rings. The zero-order valence-corrected chi connectivity index (χ0v) is 10.8. The van der Waals surface area contributed by atoms with E-state index < -0.39 is 5.92 Å². The van der Waals surface area contributed by atoms with Crippen LogP contribution >= 0.6 is 0 Å². The number of carbonyl (C=O) groups is 1. The Balaban J connectivity index is 2.51. The van der Waals surface area contributed by atoms with Crippen molar-refractivity contribution in [3.05, 3.63) is 0 Å². The molecule has 5 nitrogen and oxygen atoms in total. The van der Waals surface area contributed by atoms with Crippen LogP contribution in [0.25, 0.3) is 0 Å². The maximum absolute atomic E-state index is 11.9. The van der Waals surface area contributed by atoms with Gasteiger partial charge in [-0.15, -0.1) is 0 Å². The van der Waals surface area contributed by atoms with Gasteiger partial charge in [-0.3, -0.25) is 4.79 Å². The predicted octanol–water partition coefficient (Wildman–Crippen LogP) is 1.31. The molecule has 17 heavy (non-hydrogen) atoms. The van der Waals surface area contributed by atoms with Crippen LogP contribution in [0.3, 0.4) is 0 Å². The SMILES string of the molecule is CC1CCC(NC(=O)C(C)C(N)=NO)C(C)C1. The lowest BCUT2D eigenvalue weighted by Gasteiger charge is -2.33. The molecule has 0 radical (unpaired) electrons. The summed E-state index contributed by atoms with van der Waals surface area (Å²) in [6, 6.07) is 0.215. The molecule has 1 amide bonds. The molecule has 0 aromatic rings. The first-order chi connectivity index (χ1) is 7.95. The summed E-state index contributed by atoms with van der Waals surface area (Å²) in [6.07, 6.45) is 3.30. The molecule has 4 unspecified atom stereocenters. The topological polar surface area (TPSA) is 87.7 Å². The highest BCUT2D eigenvalue weighted by Crippen LogP contribution is 2.28. The molecule has 1 aliphatic carbocycles. The predicted molar refractivity (Wildman–Crippen MR) is 66.7 cm³/mol. The number of amides is 1. The van der Waals surface area contributed by atoms with E-state index in [1.54, 1.807) is 6.92 Å².